The third-order valence-electron chi connectivity index (χ3n) is 3.53. The second-order valence-electron chi connectivity index (χ2n) is 4.99. The van der Waals surface area contributed by atoms with E-state index in [0.717, 1.165) is 24.2 Å². The Morgan fingerprint density at radius 2 is 2.14 bits per heavy atom. The van der Waals surface area contributed by atoms with E-state index in [9.17, 15) is 14.7 Å². The number of nitrogens with one attached hydrogen (secondary N) is 1. The molecule has 0 saturated heterocycles. The molecule has 0 fully saturated rings. The van der Waals surface area contributed by atoms with Gasteiger partial charge in [-0.2, -0.15) is 11.8 Å². The maximum Gasteiger partial charge on any atom is 0.327 e. The number of urea groups is 1. The lowest BCUT2D eigenvalue weighted by molar-refractivity contribution is -0.138. The number of rotatable bonds is 6. The molecule has 1 aliphatic rings. The number of carboxylic acid groups (broad SMARTS) is 1. The molecular weight excluding hydrogens is 288 g/mol. The predicted octanol–water partition coefficient (Wildman–Crippen LogP) is 2.36. The molecule has 114 valence electrons. The Morgan fingerprint density at radius 1 is 1.38 bits per heavy atom. The van der Waals surface area contributed by atoms with Gasteiger partial charge in [-0.25, -0.2) is 9.59 Å². The zero-order valence-corrected chi connectivity index (χ0v) is 12.9. The highest BCUT2D eigenvalue weighted by molar-refractivity contribution is 7.98. The smallest absolute Gasteiger partial charge is 0.327 e. The van der Waals surface area contributed by atoms with Crippen molar-refractivity contribution in [2.24, 2.45) is 0 Å². The summed E-state index contributed by atoms with van der Waals surface area (Å²) in [5.74, 6) is 0.101. The van der Waals surface area contributed by atoms with E-state index in [1.165, 1.54) is 4.90 Å². The minimum Gasteiger partial charge on any atom is -0.480 e. The molecule has 0 aromatic heterocycles. The van der Waals surface area contributed by atoms with Gasteiger partial charge >= 0.3 is 12.0 Å². The maximum atomic E-state index is 12.3. The van der Waals surface area contributed by atoms with Gasteiger partial charge in [0.25, 0.3) is 0 Å². The summed E-state index contributed by atoms with van der Waals surface area (Å²) in [5, 5.41) is 12.1. The number of carbonyl (C=O) groups excluding carboxylic acids is 1. The highest BCUT2D eigenvalue weighted by atomic mass is 32.2. The number of para-hydroxylation sites is 1. The van der Waals surface area contributed by atoms with Crippen LogP contribution in [0.2, 0.25) is 0 Å². The summed E-state index contributed by atoms with van der Waals surface area (Å²) >= 11 is 1.78. The van der Waals surface area contributed by atoms with Gasteiger partial charge in [-0.1, -0.05) is 18.2 Å². The third kappa shape index (κ3) is 3.69. The van der Waals surface area contributed by atoms with Gasteiger partial charge in [0.15, 0.2) is 0 Å². The lowest BCUT2D eigenvalue weighted by Gasteiger charge is -2.23. The molecule has 2 N–H and O–H groups in total. The molecule has 2 rings (SSSR count). The molecule has 1 aromatic rings. The van der Waals surface area contributed by atoms with Gasteiger partial charge < -0.3 is 10.4 Å². The molecule has 0 saturated carbocycles. The molecule has 0 bridgehead atoms. The first-order chi connectivity index (χ1) is 10.1. The standard InChI is InChI=1S/C15H20N2O3S/c1-21-9-5-4-8-16-15(20)17-12-7-3-2-6-11(12)10-13(17)14(18)19/h2-3,6-7,13H,4-5,8-10H2,1H3,(H,16,20)(H,18,19)/t13-/m0/s1. The number of hydrogen-bond acceptors (Lipinski definition) is 3. The Kier molecular flexibility index (Phi) is 5.50. The van der Waals surface area contributed by atoms with E-state index < -0.39 is 12.0 Å². The van der Waals surface area contributed by atoms with E-state index in [-0.39, 0.29) is 6.03 Å². The average Bonchev–Trinajstić information content (AvgIpc) is 2.86. The van der Waals surface area contributed by atoms with Crippen molar-refractivity contribution >= 4 is 29.4 Å². The number of benzene rings is 1. The largest absolute Gasteiger partial charge is 0.480 e. The zero-order chi connectivity index (χ0) is 15.2. The van der Waals surface area contributed by atoms with Crippen LogP contribution in [0.15, 0.2) is 24.3 Å². The number of thioether (sulfide) groups is 1. The van der Waals surface area contributed by atoms with Crippen LogP contribution in [0.4, 0.5) is 10.5 Å². The number of hydrogen-bond donors (Lipinski definition) is 2. The fraction of sp³-hybridized carbons (Fsp3) is 0.467. The molecular formula is C15H20N2O3S. The van der Waals surface area contributed by atoms with E-state index in [1.54, 1.807) is 17.8 Å². The molecule has 0 unspecified atom stereocenters. The fourth-order valence-electron chi connectivity index (χ4n) is 2.49. The van der Waals surface area contributed by atoms with Crippen LogP contribution in [0.1, 0.15) is 18.4 Å². The minimum atomic E-state index is -0.969. The van der Waals surface area contributed by atoms with Crippen molar-refractivity contribution in [3.63, 3.8) is 0 Å². The first-order valence-electron chi connectivity index (χ1n) is 7.02. The Hall–Kier alpha value is -1.69. The van der Waals surface area contributed by atoms with E-state index in [0.29, 0.717) is 18.7 Å². The normalized spacial score (nSPS) is 16.6. The first kappa shape index (κ1) is 15.7. The highest BCUT2D eigenvalue weighted by Gasteiger charge is 2.38. The molecule has 1 aromatic carbocycles. The molecule has 0 radical (unpaired) electrons. The number of carbonyl (C=O) groups is 2. The van der Waals surface area contributed by atoms with Crippen LogP contribution >= 0.6 is 11.8 Å². The summed E-state index contributed by atoms with van der Waals surface area (Å²) in [5.41, 5.74) is 1.61. The molecule has 1 atom stereocenters. The molecule has 1 aliphatic heterocycles. The van der Waals surface area contributed by atoms with E-state index in [2.05, 4.69) is 11.6 Å². The van der Waals surface area contributed by atoms with Crippen molar-refractivity contribution in [2.45, 2.75) is 25.3 Å². The molecule has 21 heavy (non-hydrogen) atoms. The zero-order valence-electron chi connectivity index (χ0n) is 12.0. The van der Waals surface area contributed by atoms with Crippen LogP contribution in [0.25, 0.3) is 0 Å². The number of unbranched alkanes of at least 4 members (excludes halogenated alkanes) is 1. The van der Waals surface area contributed by atoms with Crippen molar-refractivity contribution in [1.82, 2.24) is 5.32 Å². The van der Waals surface area contributed by atoms with E-state index in [4.69, 9.17) is 0 Å². The quantitative estimate of drug-likeness (QED) is 0.792. The van der Waals surface area contributed by atoms with Gasteiger partial charge in [-0.05, 0) is 36.5 Å². The lowest BCUT2D eigenvalue weighted by atomic mass is 10.1. The Morgan fingerprint density at radius 3 is 2.86 bits per heavy atom. The van der Waals surface area contributed by atoms with Gasteiger partial charge in [-0.3, -0.25) is 4.90 Å². The summed E-state index contributed by atoms with van der Waals surface area (Å²) in [6.45, 7) is 0.574. The topological polar surface area (TPSA) is 69.6 Å². The van der Waals surface area contributed by atoms with Crippen molar-refractivity contribution in [2.75, 3.05) is 23.5 Å². The number of amides is 2. The van der Waals surface area contributed by atoms with Gasteiger partial charge in [0.2, 0.25) is 0 Å². The van der Waals surface area contributed by atoms with Crippen molar-refractivity contribution < 1.29 is 14.7 Å². The maximum absolute atomic E-state index is 12.3. The molecule has 0 spiro atoms. The Bertz CT molecular complexity index is 521. The molecule has 0 aliphatic carbocycles. The number of aliphatic carboxylic acids is 1. The van der Waals surface area contributed by atoms with Crippen LogP contribution in [0.3, 0.4) is 0 Å². The third-order valence-corrected chi connectivity index (χ3v) is 4.23. The lowest BCUT2D eigenvalue weighted by Crippen LogP contribution is -2.48. The van der Waals surface area contributed by atoms with Gasteiger partial charge in [-0.15, -0.1) is 0 Å². The summed E-state index contributed by atoms with van der Waals surface area (Å²) < 4.78 is 0. The van der Waals surface area contributed by atoms with Crippen LogP contribution in [-0.4, -0.2) is 41.7 Å². The first-order valence-corrected chi connectivity index (χ1v) is 8.41. The van der Waals surface area contributed by atoms with Gasteiger partial charge in [0.1, 0.15) is 6.04 Å². The van der Waals surface area contributed by atoms with Crippen LogP contribution in [0, 0.1) is 0 Å². The molecule has 5 nitrogen and oxygen atoms in total. The number of nitrogens with zero attached hydrogens (tertiary/aromatic N) is 1. The second-order valence-corrected chi connectivity index (χ2v) is 5.97. The highest BCUT2D eigenvalue weighted by Crippen LogP contribution is 2.32. The van der Waals surface area contributed by atoms with Crippen LogP contribution in [0.5, 0.6) is 0 Å². The average molecular weight is 308 g/mol. The summed E-state index contributed by atoms with van der Waals surface area (Å²) in [6, 6.07) is 6.22. The number of fused-ring (bicyclic) bond motifs is 1. The number of anilines is 1. The van der Waals surface area contributed by atoms with Crippen LogP contribution in [-0.2, 0) is 11.2 Å². The van der Waals surface area contributed by atoms with E-state index in [1.807, 2.05) is 18.2 Å². The van der Waals surface area contributed by atoms with Gasteiger partial charge in [0, 0.05) is 18.7 Å². The van der Waals surface area contributed by atoms with Crippen molar-refractivity contribution in [3.8, 4) is 0 Å². The van der Waals surface area contributed by atoms with Gasteiger partial charge in [0.05, 0.1) is 0 Å². The van der Waals surface area contributed by atoms with Crippen LogP contribution < -0.4 is 10.2 Å². The second kappa shape index (κ2) is 7.36. The summed E-state index contributed by atoms with van der Waals surface area (Å²) in [6.07, 6.45) is 4.36. The van der Waals surface area contributed by atoms with E-state index >= 15 is 0 Å². The van der Waals surface area contributed by atoms with Crippen molar-refractivity contribution in [3.05, 3.63) is 29.8 Å². The van der Waals surface area contributed by atoms with Crippen molar-refractivity contribution in [1.29, 1.82) is 0 Å². The molecule has 2 amide bonds. The summed E-state index contributed by atoms with van der Waals surface area (Å²) in [4.78, 5) is 25.0. The number of carboxylic acids is 1. The molecule has 1 heterocycles. The molecule has 6 heteroatoms. The predicted molar refractivity (Wildman–Crippen MR) is 85.1 cm³/mol. The Labute approximate surface area is 128 Å². The fourth-order valence-corrected chi connectivity index (χ4v) is 2.98. The minimum absolute atomic E-state index is 0.323. The SMILES string of the molecule is CSCCCCNC(=O)N1c2ccccc2C[C@H]1C(=O)O. The summed E-state index contributed by atoms with van der Waals surface area (Å²) in [7, 11) is 0. The monoisotopic (exact) mass is 308 g/mol. The Balaban J connectivity index is 2.01.